The molecular formula is C13H21NO9. The Balaban J connectivity index is 3.20. The molecule has 1 fully saturated rings. The first-order chi connectivity index (χ1) is 10.7. The third kappa shape index (κ3) is 4.03. The number of aliphatic hydroxyl groups is 3. The maximum atomic E-state index is 12.3. The molecule has 0 radical (unpaired) electrons. The average Bonchev–Trinajstić information content (AvgIpc) is 2.53. The number of carbonyl (C=O) groups excluding carboxylic acids is 3. The molecule has 1 heterocycles. The highest BCUT2D eigenvalue weighted by Crippen LogP contribution is 2.31. The van der Waals surface area contributed by atoms with Crippen LogP contribution in [0.5, 0.6) is 0 Å². The van der Waals surface area contributed by atoms with Gasteiger partial charge in [-0.25, -0.2) is 4.79 Å². The van der Waals surface area contributed by atoms with E-state index in [2.05, 4.69) is 10.1 Å². The van der Waals surface area contributed by atoms with E-state index >= 15 is 0 Å². The van der Waals surface area contributed by atoms with Crippen LogP contribution in [0.15, 0.2) is 0 Å². The van der Waals surface area contributed by atoms with Gasteiger partial charge in [0.05, 0.1) is 20.1 Å². The van der Waals surface area contributed by atoms with Gasteiger partial charge in [-0.1, -0.05) is 0 Å². The summed E-state index contributed by atoms with van der Waals surface area (Å²) in [5.74, 6) is -4.36. The first-order valence-corrected chi connectivity index (χ1v) is 6.80. The standard InChI is InChI=1S/C13H21NO9/c1-6(16)14-9-7(17)4-13(22-3,12(20)21-2)23-11(9)10(19)8(18)5-15/h8-11,15,18-19H,4-5H2,1-3H3,(H,14,16)/t8-,9-,10-,11-,13+/m1/s1. The number of amides is 1. The van der Waals surface area contributed by atoms with Crippen molar-refractivity contribution >= 4 is 17.7 Å². The first-order valence-electron chi connectivity index (χ1n) is 6.80. The van der Waals surface area contributed by atoms with Crippen LogP contribution in [0, 0.1) is 0 Å². The van der Waals surface area contributed by atoms with Gasteiger partial charge >= 0.3 is 5.97 Å². The van der Waals surface area contributed by atoms with Gasteiger partial charge in [0.2, 0.25) is 5.91 Å². The number of methoxy groups -OCH3 is 2. The Morgan fingerprint density at radius 3 is 2.48 bits per heavy atom. The van der Waals surface area contributed by atoms with Crippen molar-refractivity contribution in [2.45, 2.75) is 43.5 Å². The molecule has 5 atom stereocenters. The van der Waals surface area contributed by atoms with Crippen LogP contribution in [-0.4, -0.2) is 83.9 Å². The molecule has 1 aliphatic heterocycles. The molecule has 0 aromatic rings. The molecule has 0 spiro atoms. The van der Waals surface area contributed by atoms with E-state index in [4.69, 9.17) is 14.6 Å². The van der Waals surface area contributed by atoms with Gasteiger partial charge in [-0.05, 0) is 0 Å². The molecular weight excluding hydrogens is 314 g/mol. The van der Waals surface area contributed by atoms with Crippen LogP contribution in [-0.2, 0) is 28.6 Å². The molecule has 23 heavy (non-hydrogen) atoms. The lowest BCUT2D eigenvalue weighted by molar-refractivity contribution is -0.282. The van der Waals surface area contributed by atoms with E-state index in [1.54, 1.807) is 0 Å². The van der Waals surface area contributed by atoms with Crippen LogP contribution >= 0.6 is 0 Å². The molecule has 1 saturated heterocycles. The molecule has 0 bridgehead atoms. The monoisotopic (exact) mass is 335 g/mol. The lowest BCUT2D eigenvalue weighted by atomic mass is 9.89. The van der Waals surface area contributed by atoms with Gasteiger partial charge in [-0.2, -0.15) is 0 Å². The summed E-state index contributed by atoms with van der Waals surface area (Å²) < 4.78 is 14.9. The van der Waals surface area contributed by atoms with Crippen molar-refractivity contribution in [2.24, 2.45) is 0 Å². The zero-order chi connectivity index (χ0) is 17.8. The maximum absolute atomic E-state index is 12.3. The molecule has 10 nitrogen and oxygen atoms in total. The Labute approximate surface area is 132 Å². The van der Waals surface area contributed by atoms with E-state index in [9.17, 15) is 24.6 Å². The number of nitrogens with one attached hydrogen (secondary N) is 1. The molecule has 4 N–H and O–H groups in total. The highest BCUT2D eigenvalue weighted by molar-refractivity contribution is 5.94. The van der Waals surface area contributed by atoms with Crippen LogP contribution < -0.4 is 5.32 Å². The summed E-state index contributed by atoms with van der Waals surface area (Å²) in [5.41, 5.74) is 0. The normalized spacial score (nSPS) is 30.4. The van der Waals surface area contributed by atoms with Gasteiger partial charge in [-0.3, -0.25) is 9.59 Å². The van der Waals surface area contributed by atoms with E-state index in [0.717, 1.165) is 21.1 Å². The van der Waals surface area contributed by atoms with Crippen molar-refractivity contribution in [3.63, 3.8) is 0 Å². The number of aliphatic hydroxyl groups excluding tert-OH is 3. The Morgan fingerprint density at radius 1 is 1.43 bits per heavy atom. The predicted molar refractivity (Wildman–Crippen MR) is 73.0 cm³/mol. The number of Topliss-reactive ketones (excluding diaryl/α,β-unsaturated/α-hetero) is 1. The summed E-state index contributed by atoms with van der Waals surface area (Å²) in [6, 6.07) is -1.32. The van der Waals surface area contributed by atoms with E-state index in [1.165, 1.54) is 0 Å². The second-order valence-corrected chi connectivity index (χ2v) is 5.09. The fourth-order valence-electron chi connectivity index (χ4n) is 2.31. The molecule has 0 aliphatic carbocycles. The number of rotatable bonds is 6. The number of carbonyl (C=O) groups is 3. The van der Waals surface area contributed by atoms with Crippen LogP contribution in [0.2, 0.25) is 0 Å². The quantitative estimate of drug-likeness (QED) is 0.374. The number of esters is 1. The van der Waals surface area contributed by atoms with Gasteiger partial charge in [0.25, 0.3) is 5.79 Å². The van der Waals surface area contributed by atoms with E-state index in [1.807, 2.05) is 0 Å². The van der Waals surface area contributed by atoms with Crippen molar-refractivity contribution in [3.05, 3.63) is 0 Å². The first kappa shape index (κ1) is 19.5. The highest BCUT2D eigenvalue weighted by Gasteiger charge is 2.55. The number of hydrogen-bond donors (Lipinski definition) is 4. The lowest BCUT2D eigenvalue weighted by Gasteiger charge is -2.43. The average molecular weight is 335 g/mol. The molecule has 0 saturated carbocycles. The third-order valence-electron chi connectivity index (χ3n) is 3.51. The van der Waals surface area contributed by atoms with Gasteiger partial charge < -0.3 is 34.8 Å². The summed E-state index contributed by atoms with van der Waals surface area (Å²) in [6.45, 7) is 0.331. The number of hydrogen-bond acceptors (Lipinski definition) is 9. The topological polar surface area (TPSA) is 152 Å². The van der Waals surface area contributed by atoms with Crippen molar-refractivity contribution < 1.29 is 43.9 Å². The maximum Gasteiger partial charge on any atom is 0.367 e. The largest absolute Gasteiger partial charge is 0.465 e. The van der Waals surface area contributed by atoms with Crippen molar-refractivity contribution in [2.75, 3.05) is 20.8 Å². The van der Waals surface area contributed by atoms with Gasteiger partial charge in [0.1, 0.15) is 24.4 Å². The molecule has 132 valence electrons. The Morgan fingerprint density at radius 2 is 2.04 bits per heavy atom. The van der Waals surface area contributed by atoms with Crippen molar-refractivity contribution in [1.82, 2.24) is 5.32 Å². The highest BCUT2D eigenvalue weighted by atomic mass is 16.7. The summed E-state index contributed by atoms with van der Waals surface area (Å²) in [4.78, 5) is 35.5. The summed E-state index contributed by atoms with van der Waals surface area (Å²) in [5, 5.41) is 30.9. The Hall–Kier alpha value is -1.59. The molecule has 1 amide bonds. The Kier molecular flexibility index (Phi) is 6.59. The molecule has 0 aromatic heterocycles. The summed E-state index contributed by atoms with van der Waals surface area (Å²) in [6.07, 6.45) is -5.50. The number of ketones is 1. The molecule has 0 aromatic carbocycles. The lowest BCUT2D eigenvalue weighted by Crippen LogP contribution is -2.66. The minimum absolute atomic E-state index is 0.556. The van der Waals surface area contributed by atoms with E-state index in [-0.39, 0.29) is 0 Å². The fraction of sp³-hybridized carbons (Fsp3) is 0.769. The molecule has 10 heteroatoms. The van der Waals surface area contributed by atoms with Crippen molar-refractivity contribution in [1.29, 1.82) is 0 Å². The zero-order valence-corrected chi connectivity index (χ0v) is 13.0. The number of ether oxygens (including phenoxy) is 3. The fourth-order valence-corrected chi connectivity index (χ4v) is 2.31. The van der Waals surface area contributed by atoms with Gasteiger partial charge in [0.15, 0.2) is 5.78 Å². The Bertz CT molecular complexity index is 468. The summed E-state index contributed by atoms with van der Waals surface area (Å²) in [7, 11) is 2.17. The molecule has 0 unspecified atom stereocenters. The smallest absolute Gasteiger partial charge is 0.367 e. The summed E-state index contributed by atoms with van der Waals surface area (Å²) >= 11 is 0. The zero-order valence-electron chi connectivity index (χ0n) is 13.0. The van der Waals surface area contributed by atoms with Gasteiger partial charge in [-0.15, -0.1) is 0 Å². The van der Waals surface area contributed by atoms with Crippen LogP contribution in [0.1, 0.15) is 13.3 Å². The predicted octanol–water partition coefficient (Wildman–Crippen LogP) is -2.92. The van der Waals surface area contributed by atoms with Crippen molar-refractivity contribution in [3.8, 4) is 0 Å². The van der Waals surface area contributed by atoms with Crippen LogP contribution in [0.3, 0.4) is 0 Å². The second-order valence-electron chi connectivity index (χ2n) is 5.09. The van der Waals surface area contributed by atoms with Crippen LogP contribution in [0.4, 0.5) is 0 Å². The third-order valence-corrected chi connectivity index (χ3v) is 3.51. The SMILES string of the molecule is COC(=O)[C@]1(OC)CC(=O)[C@@H](NC(C)=O)[C@H]([C@H](O)[C@H](O)CO)O1. The second kappa shape index (κ2) is 7.79. The van der Waals surface area contributed by atoms with E-state index < -0.39 is 60.8 Å². The molecule has 1 rings (SSSR count). The van der Waals surface area contributed by atoms with Gasteiger partial charge in [0, 0.05) is 14.0 Å². The minimum atomic E-state index is -2.11. The van der Waals surface area contributed by atoms with E-state index in [0.29, 0.717) is 0 Å². The molecule has 1 aliphatic rings. The van der Waals surface area contributed by atoms with Crippen LogP contribution in [0.25, 0.3) is 0 Å². The minimum Gasteiger partial charge on any atom is -0.465 e.